The minimum atomic E-state index is 0.559. The van der Waals surface area contributed by atoms with Crippen LogP contribution in [0.2, 0.25) is 0 Å². The maximum Gasteiger partial charge on any atom is 0.0613 e. The van der Waals surface area contributed by atoms with Gasteiger partial charge in [-0.3, -0.25) is 0 Å². The van der Waals surface area contributed by atoms with Crippen molar-refractivity contribution in [1.82, 2.24) is 0 Å². The molecule has 102 valence electrons. The highest BCUT2D eigenvalue weighted by Crippen LogP contribution is 2.30. The van der Waals surface area contributed by atoms with E-state index in [1.54, 1.807) is 0 Å². The summed E-state index contributed by atoms with van der Waals surface area (Å²) in [5.74, 6) is 0.629. The number of hydrogen-bond donors (Lipinski definition) is 1. The third-order valence-electron chi connectivity index (χ3n) is 3.25. The zero-order valence-corrected chi connectivity index (χ0v) is 13.5. The number of benzene rings is 1. The highest BCUT2D eigenvalue weighted by molar-refractivity contribution is 9.10. The van der Waals surface area contributed by atoms with Crippen molar-refractivity contribution in [3.63, 3.8) is 0 Å². The third kappa shape index (κ3) is 3.91. The fraction of sp³-hybridized carbons (Fsp3) is 0.600. The van der Waals surface area contributed by atoms with E-state index in [9.17, 15) is 0 Å². The van der Waals surface area contributed by atoms with Gasteiger partial charge in [0, 0.05) is 17.1 Å². The molecule has 1 aromatic rings. The fourth-order valence-electron chi connectivity index (χ4n) is 2.33. The number of nitrogens with two attached hydrogens (primary N) is 1. The molecule has 3 heteroatoms. The molecule has 0 spiro atoms. The topological polar surface area (TPSA) is 29.3 Å². The number of nitrogen functional groups attached to an aromatic ring is 1. The van der Waals surface area contributed by atoms with Crippen LogP contribution in [-0.4, -0.2) is 12.6 Å². The minimum absolute atomic E-state index is 0.559. The molecule has 0 aromatic heterocycles. The second-order valence-corrected chi connectivity index (χ2v) is 6.14. The van der Waals surface area contributed by atoms with Gasteiger partial charge in [-0.25, -0.2) is 0 Å². The first kappa shape index (κ1) is 15.4. The van der Waals surface area contributed by atoms with Gasteiger partial charge in [0.25, 0.3) is 0 Å². The Kier molecular flexibility index (Phi) is 6.00. The number of hydrogen-bond acceptors (Lipinski definition) is 2. The van der Waals surface area contributed by atoms with Gasteiger partial charge in [0.1, 0.15) is 0 Å². The molecular weight excluding hydrogens is 288 g/mol. The largest absolute Gasteiger partial charge is 0.397 e. The average molecular weight is 313 g/mol. The van der Waals surface area contributed by atoms with Crippen LogP contribution in [0.25, 0.3) is 0 Å². The van der Waals surface area contributed by atoms with E-state index in [1.165, 1.54) is 0 Å². The summed E-state index contributed by atoms with van der Waals surface area (Å²) in [7, 11) is 0. The van der Waals surface area contributed by atoms with Crippen LogP contribution in [0, 0.1) is 5.92 Å². The van der Waals surface area contributed by atoms with Crippen LogP contribution in [0.15, 0.2) is 22.7 Å². The van der Waals surface area contributed by atoms with Crippen molar-refractivity contribution in [1.29, 1.82) is 0 Å². The van der Waals surface area contributed by atoms with E-state index in [0.717, 1.165) is 35.2 Å². The molecule has 0 fully saturated rings. The van der Waals surface area contributed by atoms with Gasteiger partial charge in [-0.1, -0.05) is 43.6 Å². The second-order valence-electron chi connectivity index (χ2n) is 5.22. The van der Waals surface area contributed by atoms with Crippen molar-refractivity contribution in [3.05, 3.63) is 22.7 Å². The summed E-state index contributed by atoms with van der Waals surface area (Å²) >= 11 is 3.54. The van der Waals surface area contributed by atoms with Crippen LogP contribution < -0.4 is 10.6 Å². The molecule has 0 unspecified atom stereocenters. The summed E-state index contributed by atoms with van der Waals surface area (Å²) in [5.41, 5.74) is 8.18. The van der Waals surface area contributed by atoms with Crippen molar-refractivity contribution < 1.29 is 0 Å². The normalized spacial score (nSPS) is 11.3. The summed E-state index contributed by atoms with van der Waals surface area (Å²) in [6, 6.07) is 6.67. The summed E-state index contributed by atoms with van der Waals surface area (Å²) in [5, 5.41) is 0. The Bertz CT molecular complexity index is 373. The summed E-state index contributed by atoms with van der Waals surface area (Å²) in [6.07, 6.45) is 2.30. The van der Waals surface area contributed by atoms with Gasteiger partial charge in [0.15, 0.2) is 0 Å². The van der Waals surface area contributed by atoms with Gasteiger partial charge >= 0.3 is 0 Å². The van der Waals surface area contributed by atoms with Crippen LogP contribution in [0.1, 0.15) is 40.5 Å². The second kappa shape index (κ2) is 7.03. The van der Waals surface area contributed by atoms with E-state index in [4.69, 9.17) is 5.73 Å². The lowest BCUT2D eigenvalue weighted by molar-refractivity contribution is 0.508. The maximum absolute atomic E-state index is 6.15. The van der Waals surface area contributed by atoms with E-state index in [2.05, 4.69) is 54.6 Å². The van der Waals surface area contributed by atoms with E-state index in [0.29, 0.717) is 12.0 Å². The molecule has 0 saturated heterocycles. The quantitative estimate of drug-likeness (QED) is 0.773. The molecule has 0 aliphatic rings. The average Bonchev–Trinajstić information content (AvgIpc) is 2.32. The zero-order valence-electron chi connectivity index (χ0n) is 11.9. The lowest BCUT2D eigenvalue weighted by Crippen LogP contribution is -2.37. The van der Waals surface area contributed by atoms with Crippen LogP contribution in [0.5, 0.6) is 0 Å². The highest BCUT2D eigenvalue weighted by atomic mass is 79.9. The monoisotopic (exact) mass is 312 g/mol. The molecule has 0 saturated carbocycles. The van der Waals surface area contributed by atoms with Crippen LogP contribution >= 0.6 is 15.9 Å². The molecule has 2 nitrogen and oxygen atoms in total. The molecule has 0 atom stereocenters. The SMILES string of the molecule is CCC(CC)N(CC(C)C)c1cc(Br)ccc1N. The molecule has 1 rings (SSSR count). The lowest BCUT2D eigenvalue weighted by Gasteiger charge is -2.35. The minimum Gasteiger partial charge on any atom is -0.397 e. The van der Waals surface area contributed by atoms with E-state index >= 15 is 0 Å². The molecule has 0 amide bonds. The predicted molar refractivity (Wildman–Crippen MR) is 85.1 cm³/mol. The highest BCUT2D eigenvalue weighted by Gasteiger charge is 2.19. The van der Waals surface area contributed by atoms with E-state index in [1.807, 2.05) is 12.1 Å². The van der Waals surface area contributed by atoms with Crippen molar-refractivity contribution in [3.8, 4) is 0 Å². The van der Waals surface area contributed by atoms with Gasteiger partial charge in [-0.2, -0.15) is 0 Å². The first-order chi connectivity index (χ1) is 8.49. The Morgan fingerprint density at radius 2 is 1.83 bits per heavy atom. The Hall–Kier alpha value is -0.700. The summed E-state index contributed by atoms with van der Waals surface area (Å²) < 4.78 is 1.09. The molecular formula is C15H25BrN2. The lowest BCUT2D eigenvalue weighted by atomic mass is 10.1. The molecule has 0 aliphatic carbocycles. The van der Waals surface area contributed by atoms with E-state index in [-0.39, 0.29) is 0 Å². The Balaban J connectivity index is 3.11. The van der Waals surface area contributed by atoms with Gasteiger partial charge in [-0.05, 0) is 37.0 Å². The molecule has 0 bridgehead atoms. The van der Waals surface area contributed by atoms with Crippen LogP contribution in [0.3, 0.4) is 0 Å². The van der Waals surface area contributed by atoms with Crippen molar-refractivity contribution >= 4 is 27.3 Å². The molecule has 2 N–H and O–H groups in total. The number of rotatable bonds is 6. The smallest absolute Gasteiger partial charge is 0.0613 e. The van der Waals surface area contributed by atoms with Crippen LogP contribution in [0.4, 0.5) is 11.4 Å². The van der Waals surface area contributed by atoms with Gasteiger partial charge in [0.05, 0.1) is 11.4 Å². The first-order valence-corrected chi connectivity index (χ1v) is 7.60. The first-order valence-electron chi connectivity index (χ1n) is 6.81. The Morgan fingerprint density at radius 1 is 1.22 bits per heavy atom. The Morgan fingerprint density at radius 3 is 2.33 bits per heavy atom. The van der Waals surface area contributed by atoms with Gasteiger partial charge < -0.3 is 10.6 Å². The summed E-state index contributed by atoms with van der Waals surface area (Å²) in [6.45, 7) is 10.0. The standard InChI is InChI=1S/C15H25BrN2/c1-5-13(6-2)18(10-11(3)4)15-9-12(16)7-8-14(15)17/h7-9,11,13H,5-6,10,17H2,1-4H3. The third-order valence-corrected chi connectivity index (χ3v) is 3.74. The fourth-order valence-corrected chi connectivity index (χ4v) is 2.68. The molecule has 1 aromatic carbocycles. The van der Waals surface area contributed by atoms with E-state index < -0.39 is 0 Å². The van der Waals surface area contributed by atoms with Crippen molar-refractivity contribution in [2.75, 3.05) is 17.2 Å². The van der Waals surface area contributed by atoms with Crippen LogP contribution in [-0.2, 0) is 0 Å². The molecule has 0 heterocycles. The molecule has 0 radical (unpaired) electrons. The van der Waals surface area contributed by atoms with Crippen molar-refractivity contribution in [2.45, 2.75) is 46.6 Å². The number of anilines is 2. The zero-order chi connectivity index (χ0) is 13.7. The number of nitrogens with zero attached hydrogens (tertiary/aromatic N) is 1. The van der Waals surface area contributed by atoms with Gasteiger partial charge in [0.2, 0.25) is 0 Å². The summed E-state index contributed by atoms with van der Waals surface area (Å²) in [4.78, 5) is 2.46. The Labute approximate surface area is 120 Å². The van der Waals surface area contributed by atoms with Crippen molar-refractivity contribution in [2.24, 2.45) is 5.92 Å². The number of halogens is 1. The molecule has 0 aliphatic heterocycles. The van der Waals surface area contributed by atoms with Gasteiger partial charge in [-0.15, -0.1) is 0 Å². The predicted octanol–water partition coefficient (Wildman–Crippen LogP) is 4.68. The maximum atomic E-state index is 6.15. The molecule has 18 heavy (non-hydrogen) atoms.